The minimum atomic E-state index is -0.216. The van der Waals surface area contributed by atoms with Gasteiger partial charge in [0.2, 0.25) is 5.91 Å². The summed E-state index contributed by atoms with van der Waals surface area (Å²) in [7, 11) is 0. The van der Waals surface area contributed by atoms with E-state index in [9.17, 15) is 14.4 Å². The molecule has 3 N–H and O–H groups in total. The molecule has 0 saturated carbocycles. The Labute approximate surface area is 222 Å². The van der Waals surface area contributed by atoms with Gasteiger partial charge in [-0.2, -0.15) is 0 Å². The molecule has 4 aliphatic heterocycles. The van der Waals surface area contributed by atoms with Gasteiger partial charge in [-0.25, -0.2) is 4.79 Å². The topological polar surface area (TPSA) is 107 Å². The van der Waals surface area contributed by atoms with Gasteiger partial charge in [0.25, 0.3) is 5.91 Å². The number of nitrogens with one attached hydrogen (secondary N) is 3. The second-order valence-corrected chi connectivity index (χ2v) is 11.9. The van der Waals surface area contributed by atoms with Crippen LogP contribution in [0.5, 0.6) is 0 Å². The summed E-state index contributed by atoms with van der Waals surface area (Å²) in [6, 6.07) is 1.68. The number of aromatic nitrogens is 1. The Morgan fingerprint density at radius 1 is 1.35 bits per heavy atom. The number of likely N-dealkylation sites (tertiary alicyclic amines) is 1. The van der Waals surface area contributed by atoms with Gasteiger partial charge in [-0.15, -0.1) is 0 Å². The molecule has 3 saturated heterocycles. The Balaban J connectivity index is 1.37. The molecule has 5 heterocycles. The van der Waals surface area contributed by atoms with Crippen molar-refractivity contribution >= 4 is 35.3 Å². The van der Waals surface area contributed by atoms with E-state index in [0.29, 0.717) is 29.6 Å². The van der Waals surface area contributed by atoms with Gasteiger partial charge in [-0.05, 0) is 62.8 Å². The van der Waals surface area contributed by atoms with Crippen LogP contribution < -0.4 is 20.9 Å². The number of nitrogens with zero attached hydrogens (tertiary/aromatic N) is 3. The van der Waals surface area contributed by atoms with Gasteiger partial charge in [-0.1, -0.05) is 32.2 Å². The highest BCUT2D eigenvalue weighted by atomic mass is 32.2. The number of carbonyl (C=O) groups is 3. The number of aryl methyl sites for hydroxylation is 1. The van der Waals surface area contributed by atoms with Crippen LogP contribution in [0.4, 0.5) is 10.5 Å². The van der Waals surface area contributed by atoms with Crippen molar-refractivity contribution in [2.24, 2.45) is 11.8 Å². The van der Waals surface area contributed by atoms with Crippen molar-refractivity contribution < 1.29 is 14.4 Å². The van der Waals surface area contributed by atoms with E-state index in [4.69, 9.17) is 0 Å². The quantitative estimate of drug-likeness (QED) is 0.494. The lowest BCUT2D eigenvalue weighted by molar-refractivity contribution is -0.128. The molecule has 4 atom stereocenters. The molecule has 1 aromatic heterocycles. The van der Waals surface area contributed by atoms with Crippen LogP contribution in [0, 0.1) is 18.8 Å². The summed E-state index contributed by atoms with van der Waals surface area (Å²) in [5.41, 5.74) is 3.60. The SMILES string of the molecule is C=CC(=O)N1CCC[C@@H](NC(=O)C2=C3NC(=O)N(c4cnc(CC(C)C)cc4C)C4CCNC(S2)C34)C1. The van der Waals surface area contributed by atoms with E-state index in [1.165, 1.54) is 17.8 Å². The first-order valence-corrected chi connectivity index (χ1v) is 14.1. The summed E-state index contributed by atoms with van der Waals surface area (Å²) in [5, 5.41) is 9.75. The molecule has 1 aromatic rings. The zero-order chi connectivity index (χ0) is 26.3. The lowest BCUT2D eigenvalue weighted by Crippen LogP contribution is -2.62. The zero-order valence-electron chi connectivity index (χ0n) is 21.8. The van der Waals surface area contributed by atoms with Crippen molar-refractivity contribution in [2.45, 2.75) is 63.9 Å². The number of amides is 4. The van der Waals surface area contributed by atoms with Crippen LogP contribution in [-0.2, 0) is 16.0 Å². The molecule has 0 bridgehead atoms. The number of piperidine rings is 2. The summed E-state index contributed by atoms with van der Waals surface area (Å²) >= 11 is 1.49. The van der Waals surface area contributed by atoms with Crippen molar-refractivity contribution in [3.63, 3.8) is 0 Å². The van der Waals surface area contributed by atoms with Gasteiger partial charge in [0.1, 0.15) is 0 Å². The summed E-state index contributed by atoms with van der Waals surface area (Å²) < 4.78 is 0. The van der Waals surface area contributed by atoms with Crippen LogP contribution in [0.3, 0.4) is 0 Å². The van der Waals surface area contributed by atoms with Gasteiger partial charge in [0, 0.05) is 36.4 Å². The minimum absolute atomic E-state index is 0.0104. The van der Waals surface area contributed by atoms with Crippen molar-refractivity contribution in [1.82, 2.24) is 25.8 Å². The fourth-order valence-electron chi connectivity index (χ4n) is 5.97. The van der Waals surface area contributed by atoms with Gasteiger partial charge in [0.15, 0.2) is 0 Å². The highest BCUT2D eigenvalue weighted by molar-refractivity contribution is 8.04. The molecule has 3 unspecified atom stereocenters. The van der Waals surface area contributed by atoms with Crippen LogP contribution in [0.25, 0.3) is 0 Å². The van der Waals surface area contributed by atoms with Gasteiger partial charge in [-0.3, -0.25) is 19.5 Å². The number of urea groups is 1. The van der Waals surface area contributed by atoms with Crippen molar-refractivity contribution in [3.8, 4) is 0 Å². The third kappa shape index (κ3) is 5.01. The van der Waals surface area contributed by atoms with Gasteiger partial charge >= 0.3 is 6.03 Å². The molecule has 4 amide bonds. The number of hydrogen-bond donors (Lipinski definition) is 3. The molecule has 3 fully saturated rings. The predicted molar refractivity (Wildman–Crippen MR) is 145 cm³/mol. The average Bonchev–Trinajstić information content (AvgIpc) is 3.24. The Morgan fingerprint density at radius 3 is 2.89 bits per heavy atom. The first-order valence-electron chi connectivity index (χ1n) is 13.2. The summed E-state index contributed by atoms with van der Waals surface area (Å²) in [5.74, 6) is 0.193. The molecule has 198 valence electrons. The molecule has 9 nitrogen and oxygen atoms in total. The number of thioether (sulfide) groups is 1. The number of pyridine rings is 1. The second-order valence-electron chi connectivity index (χ2n) is 10.8. The monoisotopic (exact) mass is 524 g/mol. The zero-order valence-corrected chi connectivity index (χ0v) is 22.6. The number of hydrogen-bond acceptors (Lipinski definition) is 6. The smallest absolute Gasteiger partial charge is 0.326 e. The van der Waals surface area contributed by atoms with E-state index in [1.807, 2.05) is 18.0 Å². The number of carbonyl (C=O) groups excluding carboxylic acids is 3. The van der Waals surface area contributed by atoms with Crippen LogP contribution in [-0.4, -0.2) is 64.8 Å². The van der Waals surface area contributed by atoms with E-state index < -0.39 is 0 Å². The fraction of sp³-hybridized carbons (Fsp3) is 0.556. The van der Waals surface area contributed by atoms with Crippen LogP contribution in [0.2, 0.25) is 0 Å². The molecule has 0 aliphatic carbocycles. The summed E-state index contributed by atoms with van der Waals surface area (Å²) in [4.78, 5) is 47.8. The first-order chi connectivity index (χ1) is 17.8. The predicted octanol–water partition coefficient (Wildman–Crippen LogP) is 2.67. The molecule has 0 aromatic carbocycles. The molecule has 37 heavy (non-hydrogen) atoms. The molecular weight excluding hydrogens is 488 g/mol. The maximum Gasteiger partial charge on any atom is 0.326 e. The van der Waals surface area contributed by atoms with Crippen molar-refractivity contribution in [2.75, 3.05) is 24.5 Å². The van der Waals surface area contributed by atoms with Crippen molar-refractivity contribution in [3.05, 3.63) is 46.8 Å². The molecule has 5 rings (SSSR count). The molecule has 0 radical (unpaired) electrons. The average molecular weight is 525 g/mol. The number of rotatable bonds is 6. The third-order valence-electron chi connectivity index (χ3n) is 7.61. The third-order valence-corrected chi connectivity index (χ3v) is 8.96. The summed E-state index contributed by atoms with van der Waals surface area (Å²) in [6.45, 7) is 11.9. The molecular formula is C27H36N6O3S. The Hall–Kier alpha value is -2.85. The van der Waals surface area contributed by atoms with Gasteiger partial charge in [0.05, 0.1) is 28.2 Å². The second kappa shape index (κ2) is 10.5. The minimum Gasteiger partial charge on any atom is -0.347 e. The van der Waals surface area contributed by atoms with Crippen LogP contribution >= 0.6 is 11.8 Å². The lowest BCUT2D eigenvalue weighted by Gasteiger charge is -2.46. The summed E-state index contributed by atoms with van der Waals surface area (Å²) in [6.07, 6.45) is 6.47. The van der Waals surface area contributed by atoms with E-state index in [0.717, 1.165) is 49.2 Å². The first kappa shape index (κ1) is 25.8. The van der Waals surface area contributed by atoms with E-state index in [2.05, 4.69) is 47.4 Å². The van der Waals surface area contributed by atoms with Crippen molar-refractivity contribution in [1.29, 1.82) is 0 Å². The highest BCUT2D eigenvalue weighted by Crippen LogP contribution is 2.48. The number of anilines is 1. The molecule has 0 spiro atoms. The highest BCUT2D eigenvalue weighted by Gasteiger charge is 2.52. The van der Waals surface area contributed by atoms with E-state index >= 15 is 0 Å². The maximum absolute atomic E-state index is 13.5. The van der Waals surface area contributed by atoms with Crippen LogP contribution in [0.1, 0.15) is 44.4 Å². The Morgan fingerprint density at radius 2 is 2.16 bits per heavy atom. The molecule has 4 aliphatic rings. The lowest BCUT2D eigenvalue weighted by atomic mass is 9.86. The largest absolute Gasteiger partial charge is 0.347 e. The molecule has 10 heteroatoms. The Bertz CT molecular complexity index is 1150. The Kier molecular flexibility index (Phi) is 7.31. The van der Waals surface area contributed by atoms with E-state index in [-0.39, 0.29) is 41.2 Å². The fourth-order valence-corrected chi connectivity index (χ4v) is 7.37. The van der Waals surface area contributed by atoms with Crippen LogP contribution in [0.15, 0.2) is 35.5 Å². The van der Waals surface area contributed by atoms with E-state index in [1.54, 1.807) is 4.90 Å². The maximum atomic E-state index is 13.5. The standard InChI is InChI=1S/C27H36N6O3S/c1-5-21(34)32-10-6-7-17(14-32)30-25(35)24-23-22-19(8-9-28-26(22)37-24)33(27(36)31-23)20-13-29-18(11-15(2)3)12-16(20)4/h5,12-13,15,17,19,22,26,28H,1,6-11,14H2,2-4H3,(H,30,35)(H,31,36)/t17-,19?,22?,26?/m1/s1. The normalized spacial score (nSPS) is 27.2. The van der Waals surface area contributed by atoms with Gasteiger partial charge < -0.3 is 20.9 Å².